The van der Waals surface area contributed by atoms with Crippen LogP contribution in [0.25, 0.3) is 10.8 Å². The second-order valence-electron chi connectivity index (χ2n) is 6.99. The third kappa shape index (κ3) is 3.69. The Morgan fingerprint density at radius 1 is 1.07 bits per heavy atom. The molecule has 1 heterocycles. The summed E-state index contributed by atoms with van der Waals surface area (Å²) in [5.41, 5.74) is 1.81. The van der Waals surface area contributed by atoms with E-state index in [-0.39, 0.29) is 17.9 Å². The van der Waals surface area contributed by atoms with E-state index in [1.165, 1.54) is 0 Å². The number of carbonyl (C=O) groups is 2. The maximum Gasteiger partial charge on any atom is 0.229 e. The lowest BCUT2D eigenvalue weighted by Crippen LogP contribution is -2.38. The van der Waals surface area contributed by atoms with E-state index in [2.05, 4.69) is 5.32 Å². The van der Waals surface area contributed by atoms with Crippen molar-refractivity contribution in [2.75, 3.05) is 18.6 Å². The molecule has 5 nitrogen and oxygen atoms in total. The fourth-order valence-electron chi connectivity index (χ4n) is 3.71. The molecule has 0 saturated carbocycles. The molecule has 1 unspecified atom stereocenters. The highest BCUT2D eigenvalue weighted by atomic mass is 16.5. The fraction of sp³-hybridized carbons (Fsp3) is 0.217. The van der Waals surface area contributed by atoms with Crippen LogP contribution in [0, 0.1) is 0 Å². The second kappa shape index (κ2) is 7.72. The first-order valence-electron chi connectivity index (χ1n) is 9.34. The third-order valence-corrected chi connectivity index (χ3v) is 5.11. The van der Waals surface area contributed by atoms with Crippen molar-refractivity contribution in [2.45, 2.75) is 18.9 Å². The van der Waals surface area contributed by atoms with E-state index >= 15 is 0 Å². The standard InChI is InChI=1S/C23H22N2O3/c1-28-20-11-9-19(10-12-20)25-15-18(14-23(25)27)24-22(26)13-17-7-4-6-16-5-2-3-8-21(16)17/h2-12,18H,13-15H2,1H3,(H,24,26). The minimum Gasteiger partial charge on any atom is -0.497 e. The molecule has 1 aliphatic rings. The van der Waals surface area contributed by atoms with Crippen LogP contribution in [0.2, 0.25) is 0 Å². The molecule has 1 saturated heterocycles. The molecule has 1 fully saturated rings. The lowest BCUT2D eigenvalue weighted by atomic mass is 10.0. The molecule has 3 aromatic carbocycles. The molecule has 0 spiro atoms. The Labute approximate surface area is 163 Å². The molecule has 1 N–H and O–H groups in total. The third-order valence-electron chi connectivity index (χ3n) is 5.11. The summed E-state index contributed by atoms with van der Waals surface area (Å²) in [4.78, 5) is 26.7. The fourth-order valence-corrected chi connectivity index (χ4v) is 3.71. The topological polar surface area (TPSA) is 58.6 Å². The van der Waals surface area contributed by atoms with Gasteiger partial charge in [-0.1, -0.05) is 42.5 Å². The minimum absolute atomic E-state index is 0.0145. The lowest BCUT2D eigenvalue weighted by Gasteiger charge is -2.17. The maximum absolute atomic E-state index is 12.6. The number of amides is 2. The van der Waals surface area contributed by atoms with Gasteiger partial charge in [0.15, 0.2) is 0 Å². The molecule has 5 heteroatoms. The summed E-state index contributed by atoms with van der Waals surface area (Å²) in [6.45, 7) is 0.479. The van der Waals surface area contributed by atoms with Crippen molar-refractivity contribution in [3.8, 4) is 5.75 Å². The van der Waals surface area contributed by atoms with E-state index in [1.54, 1.807) is 12.0 Å². The highest BCUT2D eigenvalue weighted by molar-refractivity contribution is 5.97. The molecule has 3 aromatic rings. The van der Waals surface area contributed by atoms with Gasteiger partial charge < -0.3 is 15.0 Å². The van der Waals surface area contributed by atoms with Crippen molar-refractivity contribution >= 4 is 28.3 Å². The Morgan fingerprint density at radius 2 is 1.82 bits per heavy atom. The van der Waals surface area contributed by atoms with Crippen LogP contribution in [0.1, 0.15) is 12.0 Å². The van der Waals surface area contributed by atoms with E-state index < -0.39 is 0 Å². The van der Waals surface area contributed by atoms with Crippen LogP contribution in [0.15, 0.2) is 66.7 Å². The number of methoxy groups -OCH3 is 1. The van der Waals surface area contributed by atoms with Crippen LogP contribution >= 0.6 is 0 Å². The molecular weight excluding hydrogens is 352 g/mol. The average molecular weight is 374 g/mol. The van der Waals surface area contributed by atoms with E-state index in [9.17, 15) is 9.59 Å². The van der Waals surface area contributed by atoms with Crippen molar-refractivity contribution < 1.29 is 14.3 Å². The van der Waals surface area contributed by atoms with Crippen molar-refractivity contribution in [1.82, 2.24) is 5.32 Å². The summed E-state index contributed by atoms with van der Waals surface area (Å²) < 4.78 is 5.16. The summed E-state index contributed by atoms with van der Waals surface area (Å²) in [6.07, 6.45) is 0.613. The summed E-state index contributed by atoms with van der Waals surface area (Å²) in [7, 11) is 1.61. The minimum atomic E-state index is -0.183. The van der Waals surface area contributed by atoms with Gasteiger partial charge in [-0.05, 0) is 40.6 Å². The van der Waals surface area contributed by atoms with Gasteiger partial charge in [0.2, 0.25) is 11.8 Å². The van der Waals surface area contributed by atoms with Gasteiger partial charge in [0.05, 0.1) is 19.6 Å². The highest BCUT2D eigenvalue weighted by Crippen LogP contribution is 2.24. The second-order valence-corrected chi connectivity index (χ2v) is 6.99. The number of carbonyl (C=O) groups excluding carboxylic acids is 2. The summed E-state index contributed by atoms with van der Waals surface area (Å²) in [5, 5.41) is 5.22. The van der Waals surface area contributed by atoms with Gasteiger partial charge in [-0.2, -0.15) is 0 Å². The first kappa shape index (κ1) is 18.0. The SMILES string of the molecule is COc1ccc(N2CC(NC(=O)Cc3cccc4ccccc34)CC2=O)cc1. The smallest absolute Gasteiger partial charge is 0.229 e. The first-order valence-corrected chi connectivity index (χ1v) is 9.34. The summed E-state index contributed by atoms with van der Waals surface area (Å²) >= 11 is 0. The molecule has 142 valence electrons. The van der Waals surface area contributed by atoms with Crippen LogP contribution in [0.4, 0.5) is 5.69 Å². The van der Waals surface area contributed by atoms with Crippen molar-refractivity contribution in [2.24, 2.45) is 0 Å². The van der Waals surface area contributed by atoms with Crippen LogP contribution in [0.3, 0.4) is 0 Å². The highest BCUT2D eigenvalue weighted by Gasteiger charge is 2.31. The van der Waals surface area contributed by atoms with Gasteiger partial charge >= 0.3 is 0 Å². The zero-order chi connectivity index (χ0) is 19.5. The Balaban J connectivity index is 1.41. The molecule has 1 atom stereocenters. The van der Waals surface area contributed by atoms with Gasteiger partial charge in [-0.3, -0.25) is 9.59 Å². The van der Waals surface area contributed by atoms with Gasteiger partial charge in [0.1, 0.15) is 5.75 Å². The number of fused-ring (bicyclic) bond motifs is 1. The van der Waals surface area contributed by atoms with Crippen LogP contribution in [-0.4, -0.2) is 31.5 Å². The predicted octanol–water partition coefficient (Wildman–Crippen LogP) is 3.31. The van der Waals surface area contributed by atoms with E-state index in [1.807, 2.05) is 66.7 Å². The Bertz CT molecular complexity index is 1010. The number of ether oxygens (including phenoxy) is 1. The number of hydrogen-bond acceptors (Lipinski definition) is 3. The van der Waals surface area contributed by atoms with Gasteiger partial charge in [-0.15, -0.1) is 0 Å². The molecular formula is C23H22N2O3. The monoisotopic (exact) mass is 374 g/mol. The molecule has 0 aromatic heterocycles. The predicted molar refractivity (Wildman–Crippen MR) is 110 cm³/mol. The molecule has 28 heavy (non-hydrogen) atoms. The molecule has 2 amide bonds. The number of hydrogen-bond donors (Lipinski definition) is 1. The van der Waals surface area contributed by atoms with Gasteiger partial charge in [-0.25, -0.2) is 0 Å². The quantitative estimate of drug-likeness (QED) is 0.745. The number of anilines is 1. The van der Waals surface area contributed by atoms with Crippen molar-refractivity contribution in [1.29, 1.82) is 0 Å². The molecule has 1 aliphatic heterocycles. The molecule has 4 rings (SSSR count). The Hall–Kier alpha value is -3.34. The molecule has 0 aliphatic carbocycles. The number of nitrogens with one attached hydrogen (secondary N) is 1. The largest absolute Gasteiger partial charge is 0.497 e. The van der Waals surface area contributed by atoms with Gasteiger partial charge in [0.25, 0.3) is 0 Å². The maximum atomic E-state index is 12.6. The Morgan fingerprint density at radius 3 is 2.61 bits per heavy atom. The number of nitrogens with zero attached hydrogens (tertiary/aromatic N) is 1. The van der Waals surface area contributed by atoms with E-state index in [0.717, 1.165) is 27.8 Å². The van der Waals surface area contributed by atoms with Crippen LogP contribution in [0.5, 0.6) is 5.75 Å². The lowest BCUT2D eigenvalue weighted by molar-refractivity contribution is -0.121. The average Bonchev–Trinajstić information content (AvgIpc) is 3.08. The van der Waals surface area contributed by atoms with E-state index in [4.69, 9.17) is 4.74 Å². The Kier molecular flexibility index (Phi) is 4.98. The van der Waals surface area contributed by atoms with Crippen molar-refractivity contribution in [3.63, 3.8) is 0 Å². The number of benzene rings is 3. The van der Waals surface area contributed by atoms with E-state index in [0.29, 0.717) is 19.4 Å². The molecule has 0 radical (unpaired) electrons. The van der Waals surface area contributed by atoms with Gasteiger partial charge in [0, 0.05) is 18.7 Å². The normalized spacial score (nSPS) is 16.4. The zero-order valence-corrected chi connectivity index (χ0v) is 15.7. The van der Waals surface area contributed by atoms with Crippen LogP contribution in [-0.2, 0) is 16.0 Å². The molecule has 0 bridgehead atoms. The van der Waals surface area contributed by atoms with Crippen LogP contribution < -0.4 is 15.0 Å². The zero-order valence-electron chi connectivity index (χ0n) is 15.7. The first-order chi connectivity index (χ1) is 13.6. The summed E-state index contributed by atoms with van der Waals surface area (Å²) in [6, 6.07) is 21.2. The van der Waals surface area contributed by atoms with Crippen molar-refractivity contribution in [3.05, 3.63) is 72.3 Å². The number of rotatable bonds is 5. The summed E-state index contributed by atoms with van der Waals surface area (Å²) in [5.74, 6) is 0.696.